The van der Waals surface area contributed by atoms with Crippen LogP contribution < -0.4 is 26.6 Å². The number of likely N-dealkylation sites (tertiary alicyclic amines) is 1. The molecular weight excluding hydrogens is 996 g/mol. The van der Waals surface area contributed by atoms with Crippen molar-refractivity contribution in [3.05, 3.63) is 37.4 Å². The summed E-state index contributed by atoms with van der Waals surface area (Å²) in [6.45, 7) is 15.6. The van der Waals surface area contributed by atoms with Crippen LogP contribution in [0.4, 0.5) is 33.4 Å². The number of carbonyl (C=O) groups excluding carboxylic acids is 2. The Hall–Kier alpha value is -6.42. The van der Waals surface area contributed by atoms with Crippen LogP contribution in [-0.2, 0) is 9.47 Å². The fraction of sp³-hybridized carbons (Fsp3) is 0.565. The normalized spacial score (nSPS) is 20.8. The van der Waals surface area contributed by atoms with E-state index in [2.05, 4.69) is 66.0 Å². The number of morpholine rings is 2. The molecule has 0 bridgehead atoms. The molecule has 0 saturated carbocycles. The molecule has 0 spiro atoms. The van der Waals surface area contributed by atoms with Crippen LogP contribution >= 0.6 is 24.0 Å². The van der Waals surface area contributed by atoms with Crippen molar-refractivity contribution in [3.63, 3.8) is 0 Å². The summed E-state index contributed by atoms with van der Waals surface area (Å²) in [5, 5.41) is 3.08. The number of urea groups is 1. The van der Waals surface area contributed by atoms with Gasteiger partial charge in [-0.15, -0.1) is 12.4 Å². The monoisotopic (exact) mass is 1060 g/mol. The van der Waals surface area contributed by atoms with Crippen LogP contribution in [0.1, 0.15) is 24.9 Å². The predicted octanol–water partition coefficient (Wildman–Crippen LogP) is 1.57. The van der Waals surface area contributed by atoms with E-state index in [0.29, 0.717) is 75.2 Å². The molecule has 0 aromatic carbocycles. The Bertz CT molecular complexity index is 2820. The number of piperazine rings is 2. The van der Waals surface area contributed by atoms with Gasteiger partial charge in [0.25, 0.3) is 0 Å². The van der Waals surface area contributed by atoms with Crippen molar-refractivity contribution in [1.82, 2.24) is 88.8 Å². The molecule has 6 aliphatic rings. The van der Waals surface area contributed by atoms with Crippen LogP contribution in [0.3, 0.4) is 0 Å². The van der Waals surface area contributed by atoms with E-state index in [4.69, 9.17) is 57.5 Å². The first-order valence-corrected chi connectivity index (χ1v) is 25.3. The molecule has 28 heteroatoms. The molecule has 0 radical (unpaired) electrons. The molecule has 6 aromatic heterocycles. The smallest absolute Gasteiger partial charge is 0.320 e. The lowest BCUT2D eigenvalue weighted by molar-refractivity contribution is 0.122. The number of halogens is 2. The van der Waals surface area contributed by atoms with E-state index >= 15 is 0 Å². The number of ether oxygens (including phenoxy) is 2. The van der Waals surface area contributed by atoms with Crippen LogP contribution in [0, 0.1) is 0 Å². The van der Waals surface area contributed by atoms with Gasteiger partial charge in [-0.1, -0.05) is 0 Å². The SMILES string of the molecule is CN1CCN(C(=O)Cl)CC1.CN1CCN(C(=O)N2CCC(n3cnc4c(-c5cnc(N)nc5)nc(N5CCOCC5)nc43)C2)CC1.Cl.Nc1ncc(-c2nc(N3CCOCC3)nc3c2ncn3C2CCNC2)cn1. The average Bonchev–Trinajstić information content (AvgIpc) is 4.28. The minimum absolute atomic E-state index is 0. The highest BCUT2D eigenvalue weighted by Crippen LogP contribution is 2.33. The summed E-state index contributed by atoms with van der Waals surface area (Å²) in [6, 6.07) is 0.561. The molecular formula is C46H64Cl2N22O4. The highest BCUT2D eigenvalue weighted by Gasteiger charge is 2.33. The zero-order valence-corrected chi connectivity index (χ0v) is 43.3. The number of amides is 3. The molecule has 396 valence electrons. The number of imidazole rings is 2. The molecule has 12 heterocycles. The minimum atomic E-state index is -0.326. The van der Waals surface area contributed by atoms with Crippen LogP contribution in [-0.4, -0.2) is 240 Å². The topological polar surface area (TPSA) is 278 Å². The van der Waals surface area contributed by atoms with Gasteiger partial charge in [-0.25, -0.2) is 44.7 Å². The maximum Gasteiger partial charge on any atom is 0.320 e. The summed E-state index contributed by atoms with van der Waals surface area (Å²) in [5.41, 5.74) is 17.3. The summed E-state index contributed by atoms with van der Waals surface area (Å²) in [4.78, 5) is 83.4. The third kappa shape index (κ3) is 11.9. The zero-order chi connectivity index (χ0) is 50.4. The standard InChI is InChI=1S/C23H31N11O2.C17H21N9O.C6H11ClN2O.ClH/c1-30-4-6-32(7-5-30)23(35)33-3-2-17(14-33)34-15-27-19-18(16-12-25-21(24)26-13-16)28-22(29-20(19)34)31-8-10-36-11-9-31;18-16-20-7-11(8-21-16)13-14-15(26(10-22-14)12-1-2-19-9-12)24-17(23-13)25-3-5-27-6-4-25;1-8-2-4-9(5-3-8)6(7)10;/h12-13,15,17H,2-11,14H2,1H3,(H2,24,25,26);7-8,10,12,19H,1-6,9H2,(H2,18,20,21);2-5H2,1H3;1H. The molecule has 3 amide bonds. The Kier molecular flexibility index (Phi) is 16.9. The minimum Gasteiger partial charge on any atom is -0.378 e. The largest absolute Gasteiger partial charge is 0.378 e. The zero-order valence-electron chi connectivity index (χ0n) is 41.7. The third-order valence-electron chi connectivity index (χ3n) is 14.1. The Morgan fingerprint density at radius 2 is 1.04 bits per heavy atom. The second-order valence-electron chi connectivity index (χ2n) is 18.9. The van der Waals surface area contributed by atoms with E-state index in [1.54, 1.807) is 29.7 Å². The van der Waals surface area contributed by atoms with E-state index < -0.39 is 0 Å². The van der Waals surface area contributed by atoms with E-state index in [-0.39, 0.29) is 41.7 Å². The third-order valence-corrected chi connectivity index (χ3v) is 14.3. The van der Waals surface area contributed by atoms with Gasteiger partial charge in [0.1, 0.15) is 22.4 Å². The van der Waals surface area contributed by atoms with Crippen molar-refractivity contribution in [2.45, 2.75) is 24.9 Å². The Balaban J connectivity index is 0.000000155. The molecule has 6 aliphatic heterocycles. The molecule has 6 saturated heterocycles. The molecule has 74 heavy (non-hydrogen) atoms. The van der Waals surface area contributed by atoms with Crippen molar-refractivity contribution in [3.8, 4) is 22.5 Å². The number of likely N-dealkylation sites (N-methyl/N-ethyl adjacent to an activating group) is 2. The van der Waals surface area contributed by atoms with Gasteiger partial charge >= 0.3 is 11.4 Å². The number of nitrogens with one attached hydrogen (secondary N) is 1. The van der Waals surface area contributed by atoms with Crippen LogP contribution in [0.5, 0.6) is 0 Å². The Morgan fingerprint density at radius 1 is 0.581 bits per heavy atom. The quantitative estimate of drug-likeness (QED) is 0.158. The van der Waals surface area contributed by atoms with Gasteiger partial charge in [-0.3, -0.25) is 4.79 Å². The summed E-state index contributed by atoms with van der Waals surface area (Å²) in [6.07, 6.45) is 12.3. The number of hydrogen-bond acceptors (Lipinski definition) is 21. The molecule has 2 atom stereocenters. The number of nitrogen functional groups attached to an aromatic ring is 2. The van der Waals surface area contributed by atoms with Gasteiger partial charge < -0.3 is 69.7 Å². The molecule has 6 aromatic rings. The van der Waals surface area contributed by atoms with E-state index in [1.807, 2.05) is 29.5 Å². The van der Waals surface area contributed by atoms with Gasteiger partial charge in [0.2, 0.25) is 23.8 Å². The van der Waals surface area contributed by atoms with Gasteiger partial charge in [0.15, 0.2) is 11.3 Å². The molecule has 6 fully saturated rings. The molecule has 2 unspecified atom stereocenters. The van der Waals surface area contributed by atoms with Crippen molar-refractivity contribution < 1.29 is 19.1 Å². The highest BCUT2D eigenvalue weighted by molar-refractivity contribution is 6.62. The number of rotatable bonds is 6. The fourth-order valence-electron chi connectivity index (χ4n) is 9.68. The van der Waals surface area contributed by atoms with Crippen molar-refractivity contribution in [2.75, 3.05) is 167 Å². The number of nitrogens with two attached hydrogens (primary N) is 2. The highest BCUT2D eigenvalue weighted by atomic mass is 35.5. The van der Waals surface area contributed by atoms with Crippen molar-refractivity contribution >= 4 is 81.5 Å². The summed E-state index contributed by atoms with van der Waals surface area (Å²) < 4.78 is 15.2. The Labute approximate surface area is 439 Å². The molecule has 26 nitrogen and oxygen atoms in total. The van der Waals surface area contributed by atoms with E-state index in [9.17, 15) is 9.59 Å². The molecule has 12 rings (SSSR count). The number of nitrogens with zero attached hydrogens (tertiary/aromatic N) is 19. The molecule has 0 aliphatic carbocycles. The second kappa shape index (κ2) is 23.8. The number of anilines is 4. The van der Waals surface area contributed by atoms with Crippen molar-refractivity contribution in [2.24, 2.45) is 0 Å². The molecule has 5 N–H and O–H groups in total. The average molecular weight is 1060 g/mol. The Morgan fingerprint density at radius 3 is 1.49 bits per heavy atom. The van der Waals surface area contributed by atoms with E-state index in [0.717, 1.165) is 132 Å². The van der Waals surface area contributed by atoms with Gasteiger partial charge in [-0.05, 0) is 45.1 Å². The summed E-state index contributed by atoms with van der Waals surface area (Å²) in [7, 11) is 4.13. The fourth-order valence-corrected chi connectivity index (χ4v) is 9.85. The number of hydrogen-bond donors (Lipinski definition) is 3. The lowest BCUT2D eigenvalue weighted by atomic mass is 10.2. The first-order chi connectivity index (χ1) is 35.6. The maximum absolute atomic E-state index is 13.2. The van der Waals surface area contributed by atoms with Crippen molar-refractivity contribution in [1.29, 1.82) is 0 Å². The summed E-state index contributed by atoms with van der Waals surface area (Å²) in [5.74, 6) is 1.76. The van der Waals surface area contributed by atoms with Gasteiger partial charge in [0.05, 0.1) is 51.2 Å². The first kappa shape index (κ1) is 52.4. The predicted molar refractivity (Wildman–Crippen MR) is 281 cm³/mol. The lowest BCUT2D eigenvalue weighted by Gasteiger charge is -2.35. The van der Waals surface area contributed by atoms with Gasteiger partial charge in [0, 0.05) is 134 Å². The van der Waals surface area contributed by atoms with Crippen LogP contribution in [0.15, 0.2) is 37.4 Å². The summed E-state index contributed by atoms with van der Waals surface area (Å²) >= 11 is 5.27. The lowest BCUT2D eigenvalue weighted by Crippen LogP contribution is -2.51. The second-order valence-corrected chi connectivity index (χ2v) is 19.2. The first-order valence-electron chi connectivity index (χ1n) is 24.9. The maximum atomic E-state index is 13.2. The van der Waals surface area contributed by atoms with Crippen LogP contribution in [0.25, 0.3) is 44.8 Å². The number of carbonyl (C=O) groups is 2. The number of fused-ring (bicyclic) bond motifs is 2. The van der Waals surface area contributed by atoms with E-state index in [1.165, 1.54) is 0 Å². The number of aromatic nitrogens is 12. The van der Waals surface area contributed by atoms with Gasteiger partial charge in [-0.2, -0.15) is 9.97 Å². The van der Waals surface area contributed by atoms with Crippen LogP contribution in [0.2, 0.25) is 0 Å².